The first-order valence-electron chi connectivity index (χ1n) is 10.4. The van der Waals surface area contributed by atoms with E-state index in [4.69, 9.17) is 0 Å². The number of piperidine rings is 1. The van der Waals surface area contributed by atoms with Gasteiger partial charge in [-0.15, -0.1) is 0 Å². The number of carbonyl (C=O) groups is 2. The zero-order chi connectivity index (χ0) is 19.2. The number of hydrogen-bond acceptors (Lipinski definition) is 3. The molecule has 6 nitrogen and oxygen atoms in total. The molecular formula is C20H38N4O2. The summed E-state index contributed by atoms with van der Waals surface area (Å²) in [5, 5.41) is 9.38. The van der Waals surface area contributed by atoms with Crippen molar-refractivity contribution >= 4 is 11.9 Å². The molecule has 26 heavy (non-hydrogen) atoms. The van der Waals surface area contributed by atoms with Crippen molar-refractivity contribution < 1.29 is 9.59 Å². The lowest BCUT2D eigenvalue weighted by molar-refractivity contribution is -0.128. The van der Waals surface area contributed by atoms with Crippen LogP contribution in [-0.4, -0.2) is 53.6 Å². The Kier molecular flexibility index (Phi) is 7.74. The highest BCUT2D eigenvalue weighted by molar-refractivity contribution is 5.82. The lowest BCUT2D eigenvalue weighted by atomic mass is 9.96. The first kappa shape index (κ1) is 21.0. The van der Waals surface area contributed by atoms with Gasteiger partial charge in [-0.2, -0.15) is 0 Å². The Morgan fingerprint density at radius 3 is 2.08 bits per heavy atom. The SMILES string of the molecule is CCC(C)(C)NC(=O)[C@H](C)N1CCC(NC(=O)NC2CCCCC2)CC1. The van der Waals surface area contributed by atoms with Gasteiger partial charge >= 0.3 is 6.03 Å². The molecule has 0 spiro atoms. The molecule has 6 heteroatoms. The zero-order valence-electron chi connectivity index (χ0n) is 17.1. The highest BCUT2D eigenvalue weighted by Gasteiger charge is 2.29. The van der Waals surface area contributed by atoms with E-state index in [1.54, 1.807) is 0 Å². The van der Waals surface area contributed by atoms with Gasteiger partial charge in [-0.1, -0.05) is 26.2 Å². The third kappa shape index (κ3) is 6.45. The molecule has 0 aromatic heterocycles. The van der Waals surface area contributed by atoms with Gasteiger partial charge in [0.15, 0.2) is 0 Å². The van der Waals surface area contributed by atoms with Crippen LogP contribution in [0.25, 0.3) is 0 Å². The zero-order valence-corrected chi connectivity index (χ0v) is 17.1. The van der Waals surface area contributed by atoms with Crippen LogP contribution in [0.5, 0.6) is 0 Å². The quantitative estimate of drug-likeness (QED) is 0.677. The van der Waals surface area contributed by atoms with E-state index in [0.717, 1.165) is 45.2 Å². The van der Waals surface area contributed by atoms with Crippen molar-refractivity contribution in [2.45, 2.75) is 103 Å². The van der Waals surface area contributed by atoms with Crippen molar-refractivity contribution in [3.63, 3.8) is 0 Å². The summed E-state index contributed by atoms with van der Waals surface area (Å²) in [6, 6.07) is 0.398. The summed E-state index contributed by atoms with van der Waals surface area (Å²) in [4.78, 5) is 26.9. The summed E-state index contributed by atoms with van der Waals surface area (Å²) in [5.41, 5.74) is -0.164. The number of hydrogen-bond donors (Lipinski definition) is 3. The number of carbonyl (C=O) groups excluding carboxylic acids is 2. The van der Waals surface area contributed by atoms with Gasteiger partial charge in [0.25, 0.3) is 0 Å². The Bertz CT molecular complexity index is 466. The van der Waals surface area contributed by atoms with E-state index >= 15 is 0 Å². The molecule has 1 saturated heterocycles. The predicted octanol–water partition coefficient (Wildman–Crippen LogP) is 2.78. The van der Waals surface area contributed by atoms with Crippen LogP contribution in [0.15, 0.2) is 0 Å². The minimum atomic E-state index is -0.164. The van der Waals surface area contributed by atoms with E-state index in [9.17, 15) is 9.59 Å². The third-order valence-corrected chi connectivity index (χ3v) is 6.08. The van der Waals surface area contributed by atoms with Gasteiger partial charge in [0.1, 0.15) is 0 Å². The number of nitrogens with zero attached hydrogens (tertiary/aromatic N) is 1. The largest absolute Gasteiger partial charge is 0.350 e. The molecule has 1 atom stereocenters. The summed E-state index contributed by atoms with van der Waals surface area (Å²) in [6.07, 6.45) is 8.64. The second-order valence-electron chi connectivity index (χ2n) is 8.67. The first-order valence-corrected chi connectivity index (χ1v) is 10.4. The molecule has 1 saturated carbocycles. The summed E-state index contributed by atoms with van der Waals surface area (Å²) in [6.45, 7) is 9.85. The maximum absolute atomic E-state index is 12.5. The first-order chi connectivity index (χ1) is 12.3. The van der Waals surface area contributed by atoms with Crippen molar-refractivity contribution in [2.24, 2.45) is 0 Å². The third-order valence-electron chi connectivity index (χ3n) is 6.08. The minimum Gasteiger partial charge on any atom is -0.350 e. The fraction of sp³-hybridized carbons (Fsp3) is 0.900. The van der Waals surface area contributed by atoms with E-state index < -0.39 is 0 Å². The molecule has 0 aromatic rings. The topological polar surface area (TPSA) is 73.5 Å². The molecule has 1 heterocycles. The second kappa shape index (κ2) is 9.58. The smallest absolute Gasteiger partial charge is 0.315 e. The van der Waals surface area contributed by atoms with Gasteiger partial charge in [-0.3, -0.25) is 9.69 Å². The van der Waals surface area contributed by atoms with Gasteiger partial charge < -0.3 is 16.0 Å². The van der Waals surface area contributed by atoms with Crippen LogP contribution in [0.3, 0.4) is 0 Å². The standard InChI is InChI=1S/C20H38N4O2/c1-5-20(3,4)23-18(25)15(2)24-13-11-17(12-14-24)22-19(26)21-16-9-7-6-8-10-16/h15-17H,5-14H2,1-4H3,(H,23,25)(H2,21,22,26)/t15-/m0/s1. The normalized spacial score (nSPS) is 21.8. The highest BCUT2D eigenvalue weighted by atomic mass is 16.2. The molecule has 0 bridgehead atoms. The molecule has 3 N–H and O–H groups in total. The van der Waals surface area contributed by atoms with E-state index in [1.807, 2.05) is 6.92 Å². The molecular weight excluding hydrogens is 328 g/mol. The summed E-state index contributed by atoms with van der Waals surface area (Å²) in [7, 11) is 0. The fourth-order valence-corrected chi connectivity index (χ4v) is 3.78. The van der Waals surface area contributed by atoms with Crippen LogP contribution in [-0.2, 0) is 4.79 Å². The molecule has 2 aliphatic rings. The summed E-state index contributed by atoms with van der Waals surface area (Å²) >= 11 is 0. The van der Waals surface area contributed by atoms with E-state index in [1.165, 1.54) is 19.3 Å². The van der Waals surface area contributed by atoms with Crippen LogP contribution in [0.1, 0.15) is 79.1 Å². The molecule has 1 aliphatic heterocycles. The van der Waals surface area contributed by atoms with Crippen molar-refractivity contribution in [1.82, 2.24) is 20.9 Å². The molecule has 0 unspecified atom stereocenters. The van der Waals surface area contributed by atoms with Crippen LogP contribution in [0, 0.1) is 0 Å². The van der Waals surface area contributed by atoms with E-state index in [2.05, 4.69) is 41.6 Å². The fourth-order valence-electron chi connectivity index (χ4n) is 3.78. The van der Waals surface area contributed by atoms with Crippen molar-refractivity contribution in [3.8, 4) is 0 Å². The number of likely N-dealkylation sites (tertiary alicyclic amines) is 1. The highest BCUT2D eigenvalue weighted by Crippen LogP contribution is 2.18. The molecule has 0 radical (unpaired) electrons. The summed E-state index contributed by atoms with van der Waals surface area (Å²) in [5.74, 6) is 0.0956. The van der Waals surface area contributed by atoms with Crippen LogP contribution < -0.4 is 16.0 Å². The maximum atomic E-state index is 12.5. The molecule has 1 aliphatic carbocycles. The van der Waals surface area contributed by atoms with Crippen molar-refractivity contribution in [2.75, 3.05) is 13.1 Å². The number of urea groups is 1. The number of nitrogens with one attached hydrogen (secondary N) is 3. The Morgan fingerprint density at radius 1 is 1.00 bits per heavy atom. The Balaban J connectivity index is 1.70. The predicted molar refractivity (Wildman–Crippen MR) is 105 cm³/mol. The molecule has 3 amide bonds. The van der Waals surface area contributed by atoms with Gasteiger partial charge in [0.2, 0.25) is 5.91 Å². The molecule has 2 rings (SSSR count). The average Bonchev–Trinajstić information content (AvgIpc) is 2.62. The lowest BCUT2D eigenvalue weighted by Gasteiger charge is -2.37. The monoisotopic (exact) mass is 366 g/mol. The Labute approximate surface area is 158 Å². The minimum absolute atomic E-state index is 0.0224. The van der Waals surface area contributed by atoms with Crippen molar-refractivity contribution in [3.05, 3.63) is 0 Å². The molecule has 0 aromatic carbocycles. The average molecular weight is 367 g/mol. The van der Waals surface area contributed by atoms with E-state index in [-0.39, 0.29) is 29.6 Å². The second-order valence-corrected chi connectivity index (χ2v) is 8.67. The Morgan fingerprint density at radius 2 is 1.54 bits per heavy atom. The van der Waals surface area contributed by atoms with Crippen LogP contribution in [0.2, 0.25) is 0 Å². The lowest BCUT2D eigenvalue weighted by Crippen LogP contribution is -2.55. The number of rotatable bonds is 6. The maximum Gasteiger partial charge on any atom is 0.315 e. The molecule has 2 fully saturated rings. The van der Waals surface area contributed by atoms with Gasteiger partial charge in [-0.05, 0) is 52.9 Å². The van der Waals surface area contributed by atoms with Crippen LogP contribution >= 0.6 is 0 Å². The number of amides is 3. The van der Waals surface area contributed by atoms with Gasteiger partial charge in [0.05, 0.1) is 6.04 Å². The molecule has 150 valence electrons. The Hall–Kier alpha value is -1.30. The van der Waals surface area contributed by atoms with Gasteiger partial charge in [-0.25, -0.2) is 4.79 Å². The van der Waals surface area contributed by atoms with Gasteiger partial charge in [0, 0.05) is 30.7 Å². The van der Waals surface area contributed by atoms with Crippen LogP contribution in [0.4, 0.5) is 4.79 Å². The van der Waals surface area contributed by atoms with E-state index in [0.29, 0.717) is 6.04 Å². The summed E-state index contributed by atoms with van der Waals surface area (Å²) < 4.78 is 0. The van der Waals surface area contributed by atoms with Crippen molar-refractivity contribution in [1.29, 1.82) is 0 Å².